The first-order chi connectivity index (χ1) is 9.28. The molecule has 1 heterocycles. The fourth-order valence-electron chi connectivity index (χ4n) is 4.03. The normalized spacial score (nSPS) is 27.5. The lowest BCUT2D eigenvalue weighted by Crippen LogP contribution is -2.55. The van der Waals surface area contributed by atoms with Crippen molar-refractivity contribution in [1.82, 2.24) is 4.90 Å². The maximum absolute atomic E-state index is 6.47. The van der Waals surface area contributed by atoms with Gasteiger partial charge < -0.3 is 5.73 Å². The fraction of sp³-hybridized carbons (Fsp3) is 0.647. The Kier molecular flexibility index (Phi) is 3.90. The van der Waals surface area contributed by atoms with Gasteiger partial charge in [-0.1, -0.05) is 49.6 Å². The Morgan fingerprint density at radius 3 is 2.58 bits per heavy atom. The molecule has 2 fully saturated rings. The molecule has 0 radical (unpaired) electrons. The van der Waals surface area contributed by atoms with Gasteiger partial charge in [-0.3, -0.25) is 4.90 Å². The Balaban J connectivity index is 1.68. The van der Waals surface area contributed by atoms with Crippen LogP contribution in [0.2, 0.25) is 0 Å². The molecule has 1 atom stereocenters. The van der Waals surface area contributed by atoms with Crippen LogP contribution in [0.3, 0.4) is 0 Å². The lowest BCUT2D eigenvalue weighted by Gasteiger charge is -2.49. The van der Waals surface area contributed by atoms with Gasteiger partial charge in [-0.05, 0) is 30.2 Å². The van der Waals surface area contributed by atoms with E-state index in [1.807, 2.05) is 0 Å². The maximum atomic E-state index is 6.47. The Morgan fingerprint density at radius 1 is 1.11 bits per heavy atom. The van der Waals surface area contributed by atoms with Crippen LogP contribution in [0.1, 0.15) is 44.1 Å². The van der Waals surface area contributed by atoms with Crippen molar-refractivity contribution in [3.05, 3.63) is 35.9 Å². The first-order valence-electron chi connectivity index (χ1n) is 7.80. The van der Waals surface area contributed by atoms with Crippen LogP contribution in [0.5, 0.6) is 0 Å². The van der Waals surface area contributed by atoms with Gasteiger partial charge in [0.1, 0.15) is 0 Å². The van der Waals surface area contributed by atoms with Crippen molar-refractivity contribution in [2.45, 2.75) is 51.1 Å². The second kappa shape index (κ2) is 5.64. The van der Waals surface area contributed by atoms with E-state index < -0.39 is 0 Å². The molecule has 1 aliphatic heterocycles. The summed E-state index contributed by atoms with van der Waals surface area (Å²) < 4.78 is 0. The van der Waals surface area contributed by atoms with E-state index in [0.29, 0.717) is 11.5 Å². The van der Waals surface area contributed by atoms with Crippen LogP contribution in [-0.2, 0) is 6.54 Å². The van der Waals surface area contributed by atoms with E-state index in [0.717, 1.165) is 13.1 Å². The van der Waals surface area contributed by atoms with E-state index in [1.54, 1.807) is 0 Å². The molecule has 2 nitrogen and oxygen atoms in total. The van der Waals surface area contributed by atoms with Crippen LogP contribution >= 0.6 is 0 Å². The molecule has 0 bridgehead atoms. The molecule has 1 aromatic carbocycles. The molecule has 3 rings (SSSR count). The standard InChI is InChI=1S/C17H26N2/c18-16-9-12-19(13-15-7-3-1-4-8-15)14-17(16)10-5-2-6-11-17/h1,3-4,7-8,16H,2,5-6,9-14,18H2. The minimum atomic E-state index is 0.422. The first kappa shape index (κ1) is 13.1. The molecule has 19 heavy (non-hydrogen) atoms. The van der Waals surface area contributed by atoms with Gasteiger partial charge in [0.2, 0.25) is 0 Å². The summed E-state index contributed by atoms with van der Waals surface area (Å²) in [6.45, 7) is 3.47. The van der Waals surface area contributed by atoms with Crippen molar-refractivity contribution in [3.63, 3.8) is 0 Å². The molecule has 104 valence electrons. The Hall–Kier alpha value is -0.860. The highest BCUT2D eigenvalue weighted by atomic mass is 15.1. The topological polar surface area (TPSA) is 29.3 Å². The van der Waals surface area contributed by atoms with Crippen molar-refractivity contribution in [2.24, 2.45) is 11.1 Å². The largest absolute Gasteiger partial charge is 0.327 e. The van der Waals surface area contributed by atoms with Gasteiger partial charge in [-0.25, -0.2) is 0 Å². The smallest absolute Gasteiger partial charge is 0.0233 e. The molecule has 2 heteroatoms. The number of hydrogen-bond donors (Lipinski definition) is 1. The quantitative estimate of drug-likeness (QED) is 0.883. The van der Waals surface area contributed by atoms with Crippen molar-refractivity contribution in [3.8, 4) is 0 Å². The van der Waals surface area contributed by atoms with Crippen molar-refractivity contribution in [1.29, 1.82) is 0 Å². The molecule has 0 aromatic heterocycles. The molecule has 1 aliphatic carbocycles. The second-order valence-corrected chi connectivity index (χ2v) is 6.51. The van der Waals surface area contributed by atoms with Crippen LogP contribution in [0, 0.1) is 5.41 Å². The van der Waals surface area contributed by atoms with E-state index in [4.69, 9.17) is 5.73 Å². The molecule has 1 saturated heterocycles. The van der Waals surface area contributed by atoms with Crippen molar-refractivity contribution >= 4 is 0 Å². The Bertz CT molecular complexity index is 395. The summed E-state index contributed by atoms with van der Waals surface area (Å²) in [7, 11) is 0. The van der Waals surface area contributed by atoms with Gasteiger partial charge in [0.05, 0.1) is 0 Å². The fourth-order valence-corrected chi connectivity index (χ4v) is 4.03. The summed E-state index contributed by atoms with van der Waals surface area (Å²) >= 11 is 0. The van der Waals surface area contributed by atoms with Gasteiger partial charge >= 0.3 is 0 Å². The van der Waals surface area contributed by atoms with Crippen molar-refractivity contribution in [2.75, 3.05) is 13.1 Å². The lowest BCUT2D eigenvalue weighted by atomic mass is 9.66. The lowest BCUT2D eigenvalue weighted by molar-refractivity contribution is 0.0295. The summed E-state index contributed by atoms with van der Waals surface area (Å²) in [4.78, 5) is 2.63. The average molecular weight is 258 g/mol. The Labute approximate surface area is 117 Å². The Morgan fingerprint density at radius 2 is 1.84 bits per heavy atom. The molecule has 0 amide bonds. The van der Waals surface area contributed by atoms with Gasteiger partial charge in [-0.2, -0.15) is 0 Å². The number of likely N-dealkylation sites (tertiary alicyclic amines) is 1. The van der Waals surface area contributed by atoms with Gasteiger partial charge in [0.15, 0.2) is 0 Å². The number of nitrogens with two attached hydrogens (primary N) is 1. The van der Waals surface area contributed by atoms with E-state index in [9.17, 15) is 0 Å². The minimum absolute atomic E-state index is 0.422. The predicted molar refractivity (Wildman–Crippen MR) is 79.8 cm³/mol. The van der Waals surface area contributed by atoms with Crippen LogP contribution in [-0.4, -0.2) is 24.0 Å². The highest BCUT2D eigenvalue weighted by Gasteiger charge is 2.41. The summed E-state index contributed by atoms with van der Waals surface area (Å²) in [6.07, 6.45) is 8.04. The van der Waals surface area contributed by atoms with E-state index in [2.05, 4.69) is 35.2 Å². The second-order valence-electron chi connectivity index (χ2n) is 6.51. The molecule has 1 unspecified atom stereocenters. The van der Waals surface area contributed by atoms with Gasteiger partial charge in [-0.15, -0.1) is 0 Å². The molecule has 2 aliphatic rings. The molecular weight excluding hydrogens is 232 g/mol. The highest BCUT2D eigenvalue weighted by Crippen LogP contribution is 2.42. The third-order valence-corrected chi connectivity index (χ3v) is 5.18. The zero-order valence-electron chi connectivity index (χ0n) is 11.9. The number of hydrogen-bond acceptors (Lipinski definition) is 2. The predicted octanol–water partition coefficient (Wildman–Crippen LogP) is 3.17. The molecule has 2 N–H and O–H groups in total. The summed E-state index contributed by atoms with van der Waals surface area (Å²) in [5.41, 5.74) is 8.33. The summed E-state index contributed by atoms with van der Waals surface area (Å²) in [5.74, 6) is 0. The molecule has 1 saturated carbocycles. The minimum Gasteiger partial charge on any atom is -0.327 e. The van der Waals surface area contributed by atoms with Crippen LogP contribution in [0.15, 0.2) is 30.3 Å². The first-order valence-corrected chi connectivity index (χ1v) is 7.80. The monoisotopic (exact) mass is 258 g/mol. The summed E-state index contributed by atoms with van der Waals surface area (Å²) in [6, 6.07) is 11.3. The van der Waals surface area contributed by atoms with E-state index >= 15 is 0 Å². The molecular formula is C17H26N2. The highest BCUT2D eigenvalue weighted by molar-refractivity contribution is 5.15. The van der Waals surface area contributed by atoms with Crippen LogP contribution in [0.25, 0.3) is 0 Å². The van der Waals surface area contributed by atoms with Gasteiger partial charge in [0.25, 0.3) is 0 Å². The number of benzene rings is 1. The molecule has 1 spiro atoms. The van der Waals surface area contributed by atoms with Crippen LogP contribution in [0.4, 0.5) is 0 Å². The van der Waals surface area contributed by atoms with Crippen molar-refractivity contribution < 1.29 is 0 Å². The number of nitrogens with zero attached hydrogens (tertiary/aromatic N) is 1. The van der Waals surface area contributed by atoms with E-state index in [1.165, 1.54) is 50.6 Å². The maximum Gasteiger partial charge on any atom is 0.0233 e. The average Bonchev–Trinajstić information content (AvgIpc) is 2.45. The molecule has 1 aromatic rings. The number of piperidine rings is 1. The number of rotatable bonds is 2. The van der Waals surface area contributed by atoms with E-state index in [-0.39, 0.29) is 0 Å². The van der Waals surface area contributed by atoms with Crippen LogP contribution < -0.4 is 5.73 Å². The van der Waals surface area contributed by atoms with Gasteiger partial charge in [0, 0.05) is 25.7 Å². The third kappa shape index (κ3) is 2.85. The summed E-state index contributed by atoms with van der Waals surface area (Å²) in [5, 5.41) is 0. The SMILES string of the molecule is NC1CCN(Cc2ccccc2)CC12CCCCC2. The zero-order valence-corrected chi connectivity index (χ0v) is 11.9. The zero-order chi connectivity index (χ0) is 13.1. The third-order valence-electron chi connectivity index (χ3n) is 5.18.